The van der Waals surface area contributed by atoms with Gasteiger partial charge in [-0.15, -0.1) is 0 Å². The quantitative estimate of drug-likeness (QED) is 0.684. The molecular weight excluding hydrogens is 190 g/mol. The molecule has 13 heavy (non-hydrogen) atoms. The maximum atomic E-state index is 11.3. The van der Waals surface area contributed by atoms with Crippen molar-refractivity contribution in [2.75, 3.05) is 19.5 Å². The van der Waals surface area contributed by atoms with Crippen LogP contribution in [0.25, 0.3) is 0 Å². The fourth-order valence-electron chi connectivity index (χ4n) is 1.23. The van der Waals surface area contributed by atoms with Crippen molar-refractivity contribution in [2.45, 2.75) is 25.8 Å². The van der Waals surface area contributed by atoms with Crippen LogP contribution in [0.2, 0.25) is 0 Å². The predicted molar refractivity (Wildman–Crippen MR) is 51.0 cm³/mol. The normalized spacial score (nSPS) is 20.2. The SMILES string of the molecule is COCCS(=O)(=O)NC(C)C1CC1. The van der Waals surface area contributed by atoms with E-state index in [9.17, 15) is 8.42 Å². The van der Waals surface area contributed by atoms with Crippen LogP contribution in [-0.4, -0.2) is 33.9 Å². The molecule has 0 aliphatic heterocycles. The Morgan fingerprint density at radius 1 is 1.54 bits per heavy atom. The van der Waals surface area contributed by atoms with Gasteiger partial charge in [0.1, 0.15) is 0 Å². The standard InChI is InChI=1S/C8H17NO3S/c1-7(8-3-4-8)9-13(10,11)6-5-12-2/h7-9H,3-6H2,1-2H3. The molecule has 0 aromatic rings. The van der Waals surface area contributed by atoms with Crippen molar-refractivity contribution < 1.29 is 13.2 Å². The van der Waals surface area contributed by atoms with Crippen LogP contribution in [0.4, 0.5) is 0 Å². The van der Waals surface area contributed by atoms with Crippen molar-refractivity contribution >= 4 is 10.0 Å². The minimum Gasteiger partial charge on any atom is -0.384 e. The molecule has 4 nitrogen and oxygen atoms in total. The van der Waals surface area contributed by atoms with Crippen molar-refractivity contribution in [1.29, 1.82) is 0 Å². The lowest BCUT2D eigenvalue weighted by molar-refractivity contribution is 0.216. The minimum atomic E-state index is -3.12. The Morgan fingerprint density at radius 3 is 2.62 bits per heavy atom. The first-order valence-electron chi connectivity index (χ1n) is 4.54. The summed E-state index contributed by atoms with van der Waals surface area (Å²) in [4.78, 5) is 0. The monoisotopic (exact) mass is 207 g/mol. The second-order valence-electron chi connectivity index (χ2n) is 3.56. The summed E-state index contributed by atoms with van der Waals surface area (Å²) >= 11 is 0. The highest BCUT2D eigenvalue weighted by Crippen LogP contribution is 2.32. The van der Waals surface area contributed by atoms with E-state index in [-0.39, 0.29) is 18.4 Å². The van der Waals surface area contributed by atoms with Gasteiger partial charge in [-0.1, -0.05) is 0 Å². The Balaban J connectivity index is 2.31. The van der Waals surface area contributed by atoms with Crippen molar-refractivity contribution in [3.05, 3.63) is 0 Å². The molecule has 1 aliphatic rings. The molecule has 1 aliphatic carbocycles. The van der Waals surface area contributed by atoms with Crippen LogP contribution < -0.4 is 4.72 Å². The molecule has 0 amide bonds. The average molecular weight is 207 g/mol. The van der Waals surface area contributed by atoms with Gasteiger partial charge in [-0.05, 0) is 25.7 Å². The van der Waals surface area contributed by atoms with Gasteiger partial charge in [-0.2, -0.15) is 0 Å². The summed E-state index contributed by atoms with van der Waals surface area (Å²) in [6.45, 7) is 2.18. The van der Waals surface area contributed by atoms with Gasteiger partial charge < -0.3 is 4.74 Å². The lowest BCUT2D eigenvalue weighted by Gasteiger charge is -2.12. The van der Waals surface area contributed by atoms with Gasteiger partial charge in [0.25, 0.3) is 0 Å². The third-order valence-corrected chi connectivity index (χ3v) is 3.69. The molecule has 0 aromatic heterocycles. The zero-order valence-corrected chi connectivity index (χ0v) is 8.93. The summed E-state index contributed by atoms with van der Waals surface area (Å²) in [6.07, 6.45) is 2.29. The Hall–Kier alpha value is -0.130. The van der Waals surface area contributed by atoms with Gasteiger partial charge in [-0.3, -0.25) is 0 Å². The highest BCUT2D eigenvalue weighted by molar-refractivity contribution is 7.89. The van der Waals surface area contributed by atoms with Crippen LogP contribution in [0.15, 0.2) is 0 Å². The van der Waals surface area contributed by atoms with E-state index >= 15 is 0 Å². The van der Waals surface area contributed by atoms with Crippen LogP contribution in [-0.2, 0) is 14.8 Å². The average Bonchev–Trinajstić information content (AvgIpc) is 2.82. The highest BCUT2D eigenvalue weighted by atomic mass is 32.2. The number of hydrogen-bond acceptors (Lipinski definition) is 3. The van der Waals surface area contributed by atoms with Gasteiger partial charge in [-0.25, -0.2) is 13.1 Å². The molecule has 5 heteroatoms. The molecular formula is C8H17NO3S. The van der Waals surface area contributed by atoms with Crippen LogP contribution in [0.3, 0.4) is 0 Å². The Bertz CT molecular complexity index is 246. The number of ether oxygens (including phenoxy) is 1. The number of nitrogens with one attached hydrogen (secondary N) is 1. The minimum absolute atomic E-state index is 0.0561. The summed E-state index contributed by atoms with van der Waals surface area (Å²) in [5, 5.41) is 0. The zero-order chi connectivity index (χ0) is 9.90. The molecule has 0 radical (unpaired) electrons. The molecule has 1 unspecified atom stereocenters. The summed E-state index contributed by atoms with van der Waals surface area (Å²) in [6, 6.07) is 0.0851. The molecule has 0 spiro atoms. The van der Waals surface area contributed by atoms with E-state index in [1.54, 1.807) is 0 Å². The molecule has 0 saturated heterocycles. The summed E-state index contributed by atoms with van der Waals surface area (Å²) in [7, 11) is -1.62. The first-order valence-corrected chi connectivity index (χ1v) is 6.19. The van der Waals surface area contributed by atoms with Crippen molar-refractivity contribution in [2.24, 2.45) is 5.92 Å². The maximum Gasteiger partial charge on any atom is 0.214 e. The van der Waals surface area contributed by atoms with Gasteiger partial charge >= 0.3 is 0 Å². The third kappa shape index (κ3) is 4.06. The number of methoxy groups -OCH3 is 1. The molecule has 1 atom stereocenters. The summed E-state index contributed by atoms with van der Waals surface area (Å²) in [5.74, 6) is 0.609. The van der Waals surface area contributed by atoms with E-state index in [1.807, 2.05) is 6.92 Å². The molecule has 1 saturated carbocycles. The lowest BCUT2D eigenvalue weighted by Crippen LogP contribution is -2.36. The largest absolute Gasteiger partial charge is 0.384 e. The highest BCUT2D eigenvalue weighted by Gasteiger charge is 2.30. The summed E-state index contributed by atoms with van der Waals surface area (Å²) in [5.41, 5.74) is 0. The van der Waals surface area contributed by atoms with Crippen LogP contribution in [0, 0.1) is 5.92 Å². The van der Waals surface area contributed by atoms with Crippen molar-refractivity contribution in [3.63, 3.8) is 0 Å². The fraction of sp³-hybridized carbons (Fsp3) is 1.00. The maximum absolute atomic E-state index is 11.3. The van der Waals surface area contributed by atoms with E-state index < -0.39 is 10.0 Å². The van der Waals surface area contributed by atoms with Crippen molar-refractivity contribution in [3.8, 4) is 0 Å². The van der Waals surface area contributed by atoms with Gasteiger partial charge in [0, 0.05) is 13.2 Å². The number of rotatable bonds is 6. The Labute approximate surface area is 79.7 Å². The molecule has 0 bridgehead atoms. The Morgan fingerprint density at radius 2 is 2.15 bits per heavy atom. The molecule has 1 fully saturated rings. The second-order valence-corrected chi connectivity index (χ2v) is 5.43. The van der Waals surface area contributed by atoms with Gasteiger partial charge in [0.15, 0.2) is 0 Å². The van der Waals surface area contributed by atoms with Crippen molar-refractivity contribution in [1.82, 2.24) is 4.72 Å². The second kappa shape index (κ2) is 4.39. The molecule has 1 N–H and O–H groups in total. The van der Waals surface area contributed by atoms with E-state index in [1.165, 1.54) is 7.11 Å². The van der Waals surface area contributed by atoms with E-state index in [0.717, 1.165) is 12.8 Å². The number of hydrogen-bond donors (Lipinski definition) is 1. The van der Waals surface area contributed by atoms with Crippen LogP contribution >= 0.6 is 0 Å². The van der Waals surface area contributed by atoms with Crippen LogP contribution in [0.1, 0.15) is 19.8 Å². The van der Waals surface area contributed by atoms with Gasteiger partial charge in [0.2, 0.25) is 10.0 Å². The van der Waals surface area contributed by atoms with Crippen LogP contribution in [0.5, 0.6) is 0 Å². The van der Waals surface area contributed by atoms with Gasteiger partial charge in [0.05, 0.1) is 12.4 Å². The van der Waals surface area contributed by atoms with E-state index in [2.05, 4.69) is 4.72 Å². The Kier molecular flexibility index (Phi) is 3.70. The predicted octanol–water partition coefficient (Wildman–Crippen LogP) is 0.351. The topological polar surface area (TPSA) is 55.4 Å². The zero-order valence-electron chi connectivity index (χ0n) is 8.12. The summed E-state index contributed by atoms with van der Waals surface area (Å²) < 4.78 is 30.0. The smallest absolute Gasteiger partial charge is 0.214 e. The molecule has 1 rings (SSSR count). The molecule has 0 aromatic carbocycles. The molecule has 78 valence electrons. The third-order valence-electron chi connectivity index (χ3n) is 2.25. The first kappa shape index (κ1) is 10.9. The first-order chi connectivity index (χ1) is 6.05. The lowest BCUT2D eigenvalue weighted by atomic mass is 10.2. The van der Waals surface area contributed by atoms with E-state index in [4.69, 9.17) is 4.74 Å². The molecule has 0 heterocycles. The fourth-order valence-corrected chi connectivity index (χ4v) is 2.49. The number of sulfonamides is 1. The van der Waals surface area contributed by atoms with E-state index in [0.29, 0.717) is 5.92 Å².